The maximum Gasteiger partial charge on any atom is 0.276 e. The van der Waals surface area contributed by atoms with E-state index < -0.39 is 0 Å². The summed E-state index contributed by atoms with van der Waals surface area (Å²) in [7, 11) is 0. The van der Waals surface area contributed by atoms with Gasteiger partial charge in [-0.25, -0.2) is 0 Å². The fraction of sp³-hybridized carbons (Fsp3) is 0.619. The Morgan fingerprint density at radius 1 is 1.28 bits per heavy atom. The first kappa shape index (κ1) is 19.8. The van der Waals surface area contributed by atoms with Crippen molar-refractivity contribution in [1.82, 2.24) is 30.7 Å². The number of nitrogens with one attached hydrogen (secondary N) is 2. The smallest absolute Gasteiger partial charge is 0.276 e. The van der Waals surface area contributed by atoms with E-state index in [1.165, 1.54) is 38.6 Å². The van der Waals surface area contributed by atoms with E-state index in [0.717, 1.165) is 25.1 Å². The fourth-order valence-electron chi connectivity index (χ4n) is 4.24. The van der Waals surface area contributed by atoms with Crippen LogP contribution in [0.15, 0.2) is 33.9 Å². The van der Waals surface area contributed by atoms with Gasteiger partial charge in [0, 0.05) is 50.9 Å². The van der Waals surface area contributed by atoms with E-state index >= 15 is 0 Å². The lowest BCUT2D eigenvalue weighted by molar-refractivity contribution is 0.242. The highest BCUT2D eigenvalue weighted by atomic mass is 16.5. The molecule has 0 radical (unpaired) electrons. The molecule has 2 fully saturated rings. The number of nitrogens with zero attached hydrogens (tertiary/aromatic N) is 5. The van der Waals surface area contributed by atoms with E-state index in [-0.39, 0.29) is 0 Å². The third kappa shape index (κ3) is 5.32. The van der Waals surface area contributed by atoms with Crippen molar-refractivity contribution in [3.05, 3.63) is 30.2 Å². The maximum absolute atomic E-state index is 5.32. The first-order valence-electron chi connectivity index (χ1n) is 10.8. The number of guanidine groups is 1. The average Bonchev–Trinajstić information content (AvgIpc) is 3.50. The van der Waals surface area contributed by atoms with Gasteiger partial charge in [-0.05, 0) is 38.3 Å². The number of hydrogen-bond acceptors (Lipinski definition) is 6. The SMILES string of the molecule is CCNC(=NCCc1noc(-c2ccccn2)n1)NC1CCN(C2CCCC2)C1. The summed E-state index contributed by atoms with van der Waals surface area (Å²) in [5, 5.41) is 11.0. The topological polar surface area (TPSA) is 91.5 Å². The van der Waals surface area contributed by atoms with E-state index in [4.69, 9.17) is 9.52 Å². The second kappa shape index (κ2) is 9.82. The van der Waals surface area contributed by atoms with Crippen molar-refractivity contribution in [3.63, 3.8) is 0 Å². The molecule has 2 N–H and O–H groups in total. The quantitative estimate of drug-likeness (QED) is 0.547. The van der Waals surface area contributed by atoms with Crippen LogP contribution >= 0.6 is 0 Å². The van der Waals surface area contributed by atoms with Crippen molar-refractivity contribution in [3.8, 4) is 11.6 Å². The van der Waals surface area contributed by atoms with Crippen LogP contribution in [0.1, 0.15) is 44.9 Å². The molecule has 1 saturated heterocycles. The molecule has 29 heavy (non-hydrogen) atoms. The summed E-state index contributed by atoms with van der Waals surface area (Å²) in [6.45, 7) is 5.86. The molecular weight excluding hydrogens is 366 g/mol. The van der Waals surface area contributed by atoms with Gasteiger partial charge in [-0.2, -0.15) is 4.98 Å². The number of likely N-dealkylation sites (tertiary alicyclic amines) is 1. The molecule has 0 bridgehead atoms. The fourth-order valence-corrected chi connectivity index (χ4v) is 4.24. The van der Waals surface area contributed by atoms with Crippen LogP contribution in [0.5, 0.6) is 0 Å². The molecule has 8 nitrogen and oxygen atoms in total. The molecule has 1 atom stereocenters. The molecule has 1 aliphatic heterocycles. The molecule has 2 aromatic heterocycles. The van der Waals surface area contributed by atoms with Crippen molar-refractivity contribution < 1.29 is 4.52 Å². The lowest BCUT2D eigenvalue weighted by atomic mass is 10.2. The maximum atomic E-state index is 5.32. The van der Waals surface area contributed by atoms with E-state index in [2.05, 4.69) is 37.6 Å². The molecule has 8 heteroatoms. The lowest BCUT2D eigenvalue weighted by Gasteiger charge is -2.24. The normalized spacial score (nSPS) is 21.0. The summed E-state index contributed by atoms with van der Waals surface area (Å²) in [5.74, 6) is 1.98. The Balaban J connectivity index is 1.28. The monoisotopic (exact) mass is 397 g/mol. The van der Waals surface area contributed by atoms with Crippen molar-refractivity contribution in [1.29, 1.82) is 0 Å². The summed E-state index contributed by atoms with van der Waals surface area (Å²) < 4.78 is 5.32. The number of pyridine rings is 1. The largest absolute Gasteiger partial charge is 0.357 e. The van der Waals surface area contributed by atoms with E-state index in [9.17, 15) is 0 Å². The van der Waals surface area contributed by atoms with Gasteiger partial charge < -0.3 is 15.2 Å². The molecule has 0 spiro atoms. The van der Waals surface area contributed by atoms with E-state index in [1.807, 2.05) is 18.2 Å². The zero-order valence-corrected chi connectivity index (χ0v) is 17.2. The highest BCUT2D eigenvalue weighted by molar-refractivity contribution is 5.80. The summed E-state index contributed by atoms with van der Waals surface area (Å²) in [4.78, 5) is 16.0. The predicted molar refractivity (Wildman–Crippen MR) is 113 cm³/mol. The molecule has 156 valence electrons. The Labute approximate surface area is 172 Å². The Kier molecular flexibility index (Phi) is 6.71. The summed E-state index contributed by atoms with van der Waals surface area (Å²) in [6, 6.07) is 6.89. The highest BCUT2D eigenvalue weighted by Crippen LogP contribution is 2.26. The average molecular weight is 398 g/mol. The van der Waals surface area contributed by atoms with Crippen LogP contribution < -0.4 is 10.6 Å². The van der Waals surface area contributed by atoms with Crippen LogP contribution in [0.2, 0.25) is 0 Å². The Morgan fingerprint density at radius 3 is 2.97 bits per heavy atom. The Bertz CT molecular complexity index is 785. The number of hydrogen-bond donors (Lipinski definition) is 2. The minimum Gasteiger partial charge on any atom is -0.357 e. The molecule has 0 aromatic carbocycles. The summed E-state index contributed by atoms with van der Waals surface area (Å²) in [6.07, 6.45) is 9.04. The molecule has 0 amide bonds. The standard InChI is InChI=1S/C21H31N7O/c1-2-22-21(25-16-11-14-28(15-16)17-7-3-4-8-17)24-13-10-19-26-20(29-27-19)18-9-5-6-12-23-18/h5-6,9,12,16-17H,2-4,7-8,10-11,13-15H2,1H3,(H2,22,24,25). The van der Waals surface area contributed by atoms with Gasteiger partial charge in [-0.1, -0.05) is 24.1 Å². The van der Waals surface area contributed by atoms with Crippen molar-refractivity contribution in [2.24, 2.45) is 4.99 Å². The second-order valence-corrected chi connectivity index (χ2v) is 7.80. The second-order valence-electron chi connectivity index (χ2n) is 7.80. The zero-order valence-electron chi connectivity index (χ0n) is 17.2. The van der Waals surface area contributed by atoms with Gasteiger partial charge in [-0.15, -0.1) is 0 Å². The van der Waals surface area contributed by atoms with E-state index in [1.54, 1.807) is 6.20 Å². The van der Waals surface area contributed by atoms with Gasteiger partial charge in [0.15, 0.2) is 11.8 Å². The third-order valence-corrected chi connectivity index (χ3v) is 5.70. The zero-order chi connectivity index (χ0) is 19.9. The van der Waals surface area contributed by atoms with Crippen LogP contribution in [0.25, 0.3) is 11.6 Å². The highest BCUT2D eigenvalue weighted by Gasteiger charge is 2.30. The molecule has 1 saturated carbocycles. The van der Waals surface area contributed by atoms with Gasteiger partial charge in [0.25, 0.3) is 5.89 Å². The van der Waals surface area contributed by atoms with Crippen LogP contribution in [0.3, 0.4) is 0 Å². The molecular formula is C21H31N7O. The van der Waals surface area contributed by atoms with Gasteiger partial charge in [-0.3, -0.25) is 14.9 Å². The van der Waals surface area contributed by atoms with Crippen LogP contribution in [-0.2, 0) is 6.42 Å². The van der Waals surface area contributed by atoms with Crippen LogP contribution in [0, 0.1) is 0 Å². The number of rotatable bonds is 7. The van der Waals surface area contributed by atoms with Gasteiger partial charge >= 0.3 is 0 Å². The van der Waals surface area contributed by atoms with Crippen molar-refractivity contribution >= 4 is 5.96 Å². The Morgan fingerprint density at radius 2 is 2.17 bits per heavy atom. The van der Waals surface area contributed by atoms with Crippen molar-refractivity contribution in [2.45, 2.75) is 57.5 Å². The molecule has 4 rings (SSSR count). The van der Waals surface area contributed by atoms with Gasteiger partial charge in [0.2, 0.25) is 0 Å². The molecule has 1 aliphatic carbocycles. The summed E-state index contributed by atoms with van der Waals surface area (Å²) >= 11 is 0. The number of aliphatic imine (C=N–C) groups is 1. The molecule has 2 aromatic rings. The minimum absolute atomic E-state index is 0.451. The minimum atomic E-state index is 0.451. The van der Waals surface area contributed by atoms with Crippen LogP contribution in [0.4, 0.5) is 0 Å². The third-order valence-electron chi connectivity index (χ3n) is 5.70. The molecule has 1 unspecified atom stereocenters. The van der Waals surface area contributed by atoms with Crippen molar-refractivity contribution in [2.75, 3.05) is 26.2 Å². The first-order valence-corrected chi connectivity index (χ1v) is 10.8. The predicted octanol–water partition coefficient (Wildman–Crippen LogP) is 2.25. The Hall–Kier alpha value is -2.48. The molecule has 3 heterocycles. The number of aromatic nitrogens is 3. The summed E-state index contributed by atoms with van der Waals surface area (Å²) in [5.41, 5.74) is 0.692. The lowest BCUT2D eigenvalue weighted by Crippen LogP contribution is -2.45. The van der Waals surface area contributed by atoms with Gasteiger partial charge in [0.05, 0.1) is 0 Å². The van der Waals surface area contributed by atoms with E-state index in [0.29, 0.717) is 36.4 Å². The first-order chi connectivity index (χ1) is 14.3. The van der Waals surface area contributed by atoms with Gasteiger partial charge in [0.1, 0.15) is 5.69 Å². The van der Waals surface area contributed by atoms with Crippen LogP contribution in [-0.4, -0.2) is 64.2 Å². The molecule has 2 aliphatic rings.